The number of hydrogen-bond donors (Lipinski definition) is 1. The number of aromatic nitrogens is 4. The van der Waals surface area contributed by atoms with Crippen LogP contribution in [0.5, 0.6) is 0 Å². The number of nitrogens with zero attached hydrogens (tertiary/aromatic N) is 5. The van der Waals surface area contributed by atoms with Crippen LogP contribution in [0.3, 0.4) is 0 Å². The molecule has 1 fully saturated rings. The quantitative estimate of drug-likeness (QED) is 0.281. The van der Waals surface area contributed by atoms with Gasteiger partial charge in [0.2, 0.25) is 0 Å². The number of rotatable bonds is 5. The van der Waals surface area contributed by atoms with Crippen molar-refractivity contribution in [2.24, 2.45) is 11.1 Å². The van der Waals surface area contributed by atoms with E-state index in [0.29, 0.717) is 11.6 Å². The molecule has 0 saturated carbocycles. The third-order valence-electron chi connectivity index (χ3n) is 5.72. The first-order chi connectivity index (χ1) is 15.2. The molecule has 1 N–H and O–H groups in total. The summed E-state index contributed by atoms with van der Waals surface area (Å²) in [7, 11) is 0. The Morgan fingerprint density at radius 3 is 2.90 bits per heavy atom. The topological polar surface area (TPSA) is 84.9 Å². The molecule has 158 valence electrons. The first-order valence-electron chi connectivity index (χ1n) is 10.4. The van der Waals surface area contributed by atoms with Gasteiger partial charge in [0.15, 0.2) is 10.8 Å². The maximum absolute atomic E-state index is 9.07. The van der Waals surface area contributed by atoms with Gasteiger partial charge >= 0.3 is 0 Å². The molecule has 0 bridgehead atoms. The molecule has 0 aliphatic carbocycles. The molecular formula is C23H23N5O2S. The van der Waals surface area contributed by atoms with Gasteiger partial charge < -0.3 is 9.94 Å². The third kappa shape index (κ3) is 4.26. The summed E-state index contributed by atoms with van der Waals surface area (Å²) >= 11 is 1.55. The van der Waals surface area contributed by atoms with E-state index in [1.165, 1.54) is 5.56 Å². The summed E-state index contributed by atoms with van der Waals surface area (Å²) in [5, 5.41) is 22.8. The van der Waals surface area contributed by atoms with Gasteiger partial charge in [-0.05, 0) is 85.8 Å². The van der Waals surface area contributed by atoms with Gasteiger partial charge in [-0.1, -0.05) is 5.16 Å². The fourth-order valence-corrected chi connectivity index (χ4v) is 4.79. The minimum absolute atomic E-state index is 0.542. The Morgan fingerprint density at radius 1 is 1.19 bits per heavy atom. The maximum atomic E-state index is 9.07. The Balaban J connectivity index is 1.42. The highest BCUT2D eigenvalue weighted by atomic mass is 32.2. The summed E-state index contributed by atoms with van der Waals surface area (Å²) in [6, 6.07) is 12.3. The summed E-state index contributed by atoms with van der Waals surface area (Å²) in [4.78, 5) is 5.74. The SMILES string of the molecule is C/C(=N\O)c1ccc2nnc(Sc3ccc4ncc(CC5CCOCC5)cc4c3)n2c1. The summed E-state index contributed by atoms with van der Waals surface area (Å²) in [5.74, 6) is 0.674. The summed E-state index contributed by atoms with van der Waals surface area (Å²) in [5.41, 5.74) is 4.37. The summed E-state index contributed by atoms with van der Waals surface area (Å²) in [6.45, 7) is 3.49. The third-order valence-corrected chi connectivity index (χ3v) is 6.67. The second kappa shape index (κ2) is 8.64. The normalized spacial score (nSPS) is 15.7. The van der Waals surface area contributed by atoms with Gasteiger partial charge in [0.1, 0.15) is 0 Å². The van der Waals surface area contributed by atoms with Gasteiger partial charge in [-0.3, -0.25) is 9.38 Å². The van der Waals surface area contributed by atoms with Crippen LogP contribution in [0, 0.1) is 5.92 Å². The molecule has 1 aliphatic heterocycles. The van der Waals surface area contributed by atoms with Crippen LogP contribution in [-0.2, 0) is 11.2 Å². The van der Waals surface area contributed by atoms with Crippen molar-refractivity contribution in [2.75, 3.05) is 13.2 Å². The van der Waals surface area contributed by atoms with Crippen molar-refractivity contribution >= 4 is 34.0 Å². The van der Waals surface area contributed by atoms with E-state index >= 15 is 0 Å². The van der Waals surface area contributed by atoms with Crippen LogP contribution in [0.2, 0.25) is 0 Å². The van der Waals surface area contributed by atoms with Crippen molar-refractivity contribution in [2.45, 2.75) is 36.2 Å². The molecule has 7 nitrogen and oxygen atoms in total. The van der Waals surface area contributed by atoms with Gasteiger partial charge in [0, 0.05) is 41.5 Å². The fourth-order valence-electron chi connectivity index (χ4n) is 3.93. The molecule has 0 unspecified atom stereocenters. The fraction of sp³-hybridized carbons (Fsp3) is 0.304. The van der Waals surface area contributed by atoms with Crippen LogP contribution in [0.25, 0.3) is 16.6 Å². The van der Waals surface area contributed by atoms with E-state index in [2.05, 4.69) is 38.5 Å². The van der Waals surface area contributed by atoms with E-state index in [1.807, 2.05) is 35.0 Å². The number of pyridine rings is 2. The van der Waals surface area contributed by atoms with Crippen LogP contribution < -0.4 is 0 Å². The van der Waals surface area contributed by atoms with Crippen LogP contribution in [0.4, 0.5) is 0 Å². The van der Waals surface area contributed by atoms with E-state index < -0.39 is 0 Å². The molecule has 0 atom stereocenters. The smallest absolute Gasteiger partial charge is 0.200 e. The maximum Gasteiger partial charge on any atom is 0.200 e. The molecular weight excluding hydrogens is 410 g/mol. The number of ether oxygens (including phenoxy) is 1. The van der Waals surface area contributed by atoms with E-state index in [0.717, 1.165) is 64.6 Å². The monoisotopic (exact) mass is 433 g/mol. The lowest BCUT2D eigenvalue weighted by atomic mass is 9.93. The highest BCUT2D eigenvalue weighted by Crippen LogP contribution is 2.30. The molecule has 8 heteroatoms. The molecule has 1 saturated heterocycles. The predicted molar refractivity (Wildman–Crippen MR) is 120 cm³/mol. The molecule has 1 aromatic carbocycles. The molecule has 0 spiro atoms. The van der Waals surface area contributed by atoms with Crippen LogP contribution >= 0.6 is 11.8 Å². The zero-order valence-corrected chi connectivity index (χ0v) is 18.0. The number of benzene rings is 1. The molecule has 1 aliphatic rings. The second-order valence-electron chi connectivity index (χ2n) is 7.87. The highest BCUT2D eigenvalue weighted by Gasteiger charge is 2.15. The average Bonchev–Trinajstić information content (AvgIpc) is 3.21. The van der Waals surface area contributed by atoms with Crippen LogP contribution in [-0.4, -0.2) is 43.7 Å². The van der Waals surface area contributed by atoms with Crippen molar-refractivity contribution in [3.63, 3.8) is 0 Å². The minimum Gasteiger partial charge on any atom is -0.411 e. The Labute approximate surface area is 184 Å². The van der Waals surface area contributed by atoms with Gasteiger partial charge in [-0.2, -0.15) is 0 Å². The lowest BCUT2D eigenvalue weighted by molar-refractivity contribution is 0.0665. The molecule has 5 rings (SSSR count). The molecule has 4 heterocycles. The summed E-state index contributed by atoms with van der Waals surface area (Å²) < 4.78 is 7.40. The lowest BCUT2D eigenvalue weighted by Gasteiger charge is -2.21. The van der Waals surface area contributed by atoms with Gasteiger partial charge in [-0.15, -0.1) is 10.2 Å². The summed E-state index contributed by atoms with van der Waals surface area (Å²) in [6.07, 6.45) is 7.18. The van der Waals surface area contributed by atoms with Crippen molar-refractivity contribution < 1.29 is 9.94 Å². The number of oxime groups is 1. The Morgan fingerprint density at radius 2 is 2.06 bits per heavy atom. The highest BCUT2D eigenvalue weighted by molar-refractivity contribution is 7.99. The molecule has 0 radical (unpaired) electrons. The van der Waals surface area contributed by atoms with E-state index in [1.54, 1.807) is 18.7 Å². The van der Waals surface area contributed by atoms with E-state index in [4.69, 9.17) is 9.94 Å². The Kier molecular flexibility index (Phi) is 5.57. The van der Waals surface area contributed by atoms with Gasteiger partial charge in [-0.25, -0.2) is 0 Å². The first kappa shape index (κ1) is 20.0. The zero-order valence-electron chi connectivity index (χ0n) is 17.2. The van der Waals surface area contributed by atoms with Crippen molar-refractivity contribution in [3.8, 4) is 0 Å². The van der Waals surface area contributed by atoms with E-state index in [9.17, 15) is 0 Å². The van der Waals surface area contributed by atoms with Gasteiger partial charge in [0.05, 0.1) is 11.2 Å². The largest absolute Gasteiger partial charge is 0.411 e. The van der Waals surface area contributed by atoms with Crippen molar-refractivity contribution in [1.29, 1.82) is 0 Å². The second-order valence-corrected chi connectivity index (χ2v) is 8.91. The van der Waals surface area contributed by atoms with Gasteiger partial charge in [0.25, 0.3) is 0 Å². The first-order valence-corrected chi connectivity index (χ1v) is 11.2. The van der Waals surface area contributed by atoms with Crippen LogP contribution in [0.15, 0.2) is 64.0 Å². The van der Waals surface area contributed by atoms with Crippen molar-refractivity contribution in [1.82, 2.24) is 19.6 Å². The zero-order chi connectivity index (χ0) is 21.2. The van der Waals surface area contributed by atoms with Crippen molar-refractivity contribution in [3.05, 3.63) is 59.9 Å². The molecule has 31 heavy (non-hydrogen) atoms. The molecule has 4 aromatic rings. The number of hydrogen-bond acceptors (Lipinski definition) is 7. The van der Waals surface area contributed by atoms with Crippen LogP contribution in [0.1, 0.15) is 30.9 Å². The standard InChI is InChI=1S/C23H23N5O2S/c1-15(27-29)18-2-5-22-25-26-23(28(22)14-18)31-20-3-4-21-19(12-20)11-17(13-24-21)10-16-6-8-30-9-7-16/h2-5,11-14,16,29H,6-10H2,1H3/b27-15+. The lowest BCUT2D eigenvalue weighted by Crippen LogP contribution is -2.17. The number of fused-ring (bicyclic) bond motifs is 2. The Bertz CT molecular complexity index is 1260. The minimum atomic E-state index is 0.542. The predicted octanol–water partition coefficient (Wildman–Crippen LogP) is 4.60. The average molecular weight is 434 g/mol. The molecule has 0 amide bonds. The van der Waals surface area contributed by atoms with E-state index in [-0.39, 0.29) is 0 Å². The molecule has 3 aromatic heterocycles. The Hall–Kier alpha value is -2.97.